The van der Waals surface area contributed by atoms with Crippen LogP contribution in [0.5, 0.6) is 0 Å². The summed E-state index contributed by atoms with van der Waals surface area (Å²) in [6.07, 6.45) is 2.29. The molecular weight excluding hydrogens is 342 g/mol. The highest BCUT2D eigenvalue weighted by atomic mass is 16.1. The number of aromatic nitrogens is 5. The van der Waals surface area contributed by atoms with Crippen LogP contribution in [0.2, 0.25) is 0 Å². The summed E-state index contributed by atoms with van der Waals surface area (Å²) in [7, 11) is 1.89. The minimum Gasteiger partial charge on any atom is -0.350 e. The van der Waals surface area contributed by atoms with Crippen molar-refractivity contribution in [3.63, 3.8) is 0 Å². The molecule has 0 spiro atoms. The fourth-order valence-corrected chi connectivity index (χ4v) is 3.32. The molecule has 1 aliphatic rings. The standard InChI is InChI=1S/C19H23N7O/c1-24-14-21-22-18(24)7-8-20-19(27)17-11-16-13-25(9-10-26(16)23-17)12-15-5-3-2-4-6-15/h2-6,11,14H,7-10,12-13H2,1H3,(H,20,27). The van der Waals surface area contributed by atoms with E-state index in [1.807, 2.05) is 28.4 Å². The van der Waals surface area contributed by atoms with E-state index in [2.05, 4.69) is 49.8 Å². The molecule has 1 N–H and O–H groups in total. The van der Waals surface area contributed by atoms with Crippen molar-refractivity contribution in [2.45, 2.75) is 26.1 Å². The Morgan fingerprint density at radius 2 is 2.07 bits per heavy atom. The van der Waals surface area contributed by atoms with Gasteiger partial charge < -0.3 is 9.88 Å². The van der Waals surface area contributed by atoms with Crippen molar-refractivity contribution in [2.24, 2.45) is 7.05 Å². The molecule has 27 heavy (non-hydrogen) atoms. The molecule has 0 saturated heterocycles. The van der Waals surface area contributed by atoms with Gasteiger partial charge in [0.2, 0.25) is 0 Å². The number of hydrogen-bond donors (Lipinski definition) is 1. The number of benzene rings is 1. The summed E-state index contributed by atoms with van der Waals surface area (Å²) in [6, 6.07) is 12.3. The minimum absolute atomic E-state index is 0.145. The summed E-state index contributed by atoms with van der Waals surface area (Å²) < 4.78 is 3.79. The van der Waals surface area contributed by atoms with Gasteiger partial charge in [0.15, 0.2) is 0 Å². The van der Waals surface area contributed by atoms with Crippen LogP contribution < -0.4 is 5.32 Å². The SMILES string of the molecule is Cn1cnnc1CCNC(=O)c1cc2n(n1)CCN(Cc1ccccc1)C2. The third kappa shape index (κ3) is 4.06. The molecule has 0 aliphatic carbocycles. The monoisotopic (exact) mass is 365 g/mol. The van der Waals surface area contributed by atoms with Gasteiger partial charge in [-0.1, -0.05) is 30.3 Å². The Morgan fingerprint density at radius 3 is 2.85 bits per heavy atom. The molecule has 0 atom stereocenters. The molecule has 8 nitrogen and oxygen atoms in total. The zero-order valence-electron chi connectivity index (χ0n) is 15.4. The molecular formula is C19H23N7O. The van der Waals surface area contributed by atoms with Crippen LogP contribution in [0.1, 0.15) is 27.6 Å². The number of nitrogens with one attached hydrogen (secondary N) is 1. The van der Waals surface area contributed by atoms with Gasteiger partial charge in [-0.25, -0.2) is 0 Å². The summed E-state index contributed by atoms with van der Waals surface area (Å²) in [6.45, 7) is 3.94. The Labute approximate surface area is 157 Å². The first kappa shape index (κ1) is 17.4. The molecule has 2 aromatic heterocycles. The number of nitrogens with zero attached hydrogens (tertiary/aromatic N) is 6. The van der Waals surface area contributed by atoms with E-state index in [4.69, 9.17) is 0 Å². The predicted molar refractivity (Wildman–Crippen MR) is 99.8 cm³/mol. The van der Waals surface area contributed by atoms with Gasteiger partial charge >= 0.3 is 0 Å². The highest BCUT2D eigenvalue weighted by Gasteiger charge is 2.21. The normalized spacial score (nSPS) is 14.1. The Kier molecular flexibility index (Phi) is 4.97. The predicted octanol–water partition coefficient (Wildman–Crippen LogP) is 1.000. The van der Waals surface area contributed by atoms with Crippen molar-refractivity contribution in [2.75, 3.05) is 13.1 Å². The lowest BCUT2D eigenvalue weighted by Gasteiger charge is -2.27. The highest BCUT2D eigenvalue weighted by Crippen LogP contribution is 2.16. The fraction of sp³-hybridized carbons (Fsp3) is 0.368. The molecule has 1 aromatic carbocycles. The molecule has 0 radical (unpaired) electrons. The number of fused-ring (bicyclic) bond motifs is 1. The minimum atomic E-state index is -0.145. The maximum absolute atomic E-state index is 12.4. The van der Waals surface area contributed by atoms with E-state index >= 15 is 0 Å². The zero-order chi connectivity index (χ0) is 18.6. The first-order chi connectivity index (χ1) is 13.2. The molecule has 3 aromatic rings. The second-order valence-corrected chi connectivity index (χ2v) is 6.80. The van der Waals surface area contributed by atoms with Gasteiger partial charge in [-0.05, 0) is 11.6 Å². The summed E-state index contributed by atoms with van der Waals surface area (Å²) in [5, 5.41) is 15.2. The van der Waals surface area contributed by atoms with E-state index in [1.165, 1.54) is 5.56 Å². The molecule has 0 fully saturated rings. The average molecular weight is 365 g/mol. The molecule has 0 unspecified atom stereocenters. The van der Waals surface area contributed by atoms with Crippen LogP contribution in [0.15, 0.2) is 42.7 Å². The van der Waals surface area contributed by atoms with E-state index in [1.54, 1.807) is 6.33 Å². The molecule has 8 heteroatoms. The number of hydrogen-bond acceptors (Lipinski definition) is 5. The molecule has 1 aliphatic heterocycles. The molecule has 3 heterocycles. The van der Waals surface area contributed by atoms with E-state index in [-0.39, 0.29) is 5.91 Å². The van der Waals surface area contributed by atoms with Gasteiger partial charge in [0.25, 0.3) is 5.91 Å². The van der Waals surface area contributed by atoms with E-state index in [0.29, 0.717) is 18.7 Å². The van der Waals surface area contributed by atoms with Crippen LogP contribution >= 0.6 is 0 Å². The van der Waals surface area contributed by atoms with Crippen LogP contribution in [0.3, 0.4) is 0 Å². The fourth-order valence-electron chi connectivity index (χ4n) is 3.32. The smallest absolute Gasteiger partial charge is 0.271 e. The van der Waals surface area contributed by atoms with Crippen molar-refractivity contribution < 1.29 is 4.79 Å². The molecule has 1 amide bonds. The molecule has 140 valence electrons. The number of aryl methyl sites for hydroxylation is 1. The lowest BCUT2D eigenvalue weighted by atomic mass is 10.2. The van der Waals surface area contributed by atoms with E-state index in [9.17, 15) is 4.79 Å². The first-order valence-electron chi connectivity index (χ1n) is 9.13. The molecule has 0 bridgehead atoms. The average Bonchev–Trinajstić information content (AvgIpc) is 3.28. The van der Waals surface area contributed by atoms with Gasteiger partial charge in [-0.2, -0.15) is 5.10 Å². The maximum Gasteiger partial charge on any atom is 0.271 e. The quantitative estimate of drug-likeness (QED) is 0.705. The van der Waals surface area contributed by atoms with Crippen LogP contribution in [0.4, 0.5) is 0 Å². The third-order valence-corrected chi connectivity index (χ3v) is 4.80. The maximum atomic E-state index is 12.4. The van der Waals surface area contributed by atoms with E-state index < -0.39 is 0 Å². The number of carbonyl (C=O) groups is 1. The van der Waals surface area contributed by atoms with Gasteiger partial charge in [0.1, 0.15) is 17.8 Å². The van der Waals surface area contributed by atoms with Crippen molar-refractivity contribution in [1.29, 1.82) is 0 Å². The summed E-state index contributed by atoms with van der Waals surface area (Å²) in [5.41, 5.74) is 2.85. The summed E-state index contributed by atoms with van der Waals surface area (Å²) >= 11 is 0. The van der Waals surface area contributed by atoms with Crippen molar-refractivity contribution in [1.82, 2.24) is 34.8 Å². The molecule has 0 saturated carbocycles. The number of amides is 1. The molecule has 4 rings (SSSR count). The van der Waals surface area contributed by atoms with Crippen LogP contribution in [-0.4, -0.2) is 48.4 Å². The Hall–Kier alpha value is -3.00. The van der Waals surface area contributed by atoms with Crippen LogP contribution in [0, 0.1) is 0 Å². The van der Waals surface area contributed by atoms with Gasteiger partial charge in [-0.3, -0.25) is 14.4 Å². The van der Waals surface area contributed by atoms with Gasteiger partial charge in [0.05, 0.1) is 12.2 Å². The number of carbonyl (C=O) groups excluding carboxylic acids is 1. The van der Waals surface area contributed by atoms with Gasteiger partial charge in [0, 0.05) is 39.6 Å². The second kappa shape index (κ2) is 7.71. The van der Waals surface area contributed by atoms with Crippen LogP contribution in [-0.2, 0) is 33.1 Å². The van der Waals surface area contributed by atoms with Gasteiger partial charge in [-0.15, -0.1) is 10.2 Å². The Bertz CT molecular complexity index is 915. The topological polar surface area (TPSA) is 80.9 Å². The zero-order valence-corrected chi connectivity index (χ0v) is 15.4. The van der Waals surface area contributed by atoms with Crippen molar-refractivity contribution >= 4 is 5.91 Å². The Morgan fingerprint density at radius 1 is 1.22 bits per heavy atom. The number of rotatable bonds is 6. The summed E-state index contributed by atoms with van der Waals surface area (Å²) in [5.74, 6) is 0.699. The van der Waals surface area contributed by atoms with E-state index in [0.717, 1.165) is 37.7 Å². The third-order valence-electron chi connectivity index (χ3n) is 4.80. The largest absolute Gasteiger partial charge is 0.350 e. The van der Waals surface area contributed by atoms with Crippen LogP contribution in [0.25, 0.3) is 0 Å². The summed E-state index contributed by atoms with van der Waals surface area (Å²) in [4.78, 5) is 14.8. The van der Waals surface area contributed by atoms with Crippen molar-refractivity contribution in [3.05, 3.63) is 65.5 Å². The highest BCUT2D eigenvalue weighted by molar-refractivity contribution is 5.92. The Balaban J connectivity index is 1.33. The van der Waals surface area contributed by atoms with Crippen molar-refractivity contribution in [3.8, 4) is 0 Å². The second-order valence-electron chi connectivity index (χ2n) is 6.80. The lowest BCUT2D eigenvalue weighted by molar-refractivity contribution is 0.0948. The lowest BCUT2D eigenvalue weighted by Crippen LogP contribution is -2.33. The first-order valence-corrected chi connectivity index (χ1v) is 9.13.